The molecular formula is C35H47I3N2O9. The van der Waals surface area contributed by atoms with Crippen molar-refractivity contribution in [2.45, 2.75) is 145 Å². The maximum absolute atomic E-state index is 11.8. The molecule has 2 heterocycles. The number of benzene rings is 1. The maximum atomic E-state index is 11.8. The van der Waals surface area contributed by atoms with Crippen LogP contribution in [0.5, 0.6) is 0 Å². The average molecular weight is 1020 g/mol. The zero-order valence-corrected chi connectivity index (χ0v) is 34.9. The lowest BCUT2D eigenvalue weighted by Gasteiger charge is -2.45. The highest BCUT2D eigenvalue weighted by Crippen LogP contribution is 2.43. The third-order valence-corrected chi connectivity index (χ3v) is 12.4. The van der Waals surface area contributed by atoms with Crippen LogP contribution in [0.1, 0.15) is 59.1 Å². The van der Waals surface area contributed by atoms with Crippen molar-refractivity contribution >= 4 is 67.8 Å². The fraction of sp³-hybridized carbons (Fsp3) is 0.657. The van der Waals surface area contributed by atoms with Crippen LogP contribution in [0.3, 0.4) is 0 Å². The zero-order valence-electron chi connectivity index (χ0n) is 28.4. The SMILES string of the molecule is CC(C)(O)O[C@H]1C[C@H](O)[C@@H](N(Cc2cccc(CN[C@H]3C=C(I)[C@H]4OC(C)(C)O[C@H]4[C@@H]3O)c2)[C@H]2C=C(I)[C@H]3OC(C)(C)O[C@H]3[C@@H]2O)C=C1I. The van der Waals surface area contributed by atoms with Gasteiger partial charge in [-0.2, -0.15) is 0 Å². The number of nitrogens with zero attached hydrogens (tertiary/aromatic N) is 1. The predicted molar refractivity (Wildman–Crippen MR) is 208 cm³/mol. The molecule has 2 saturated heterocycles. The van der Waals surface area contributed by atoms with E-state index in [1.165, 1.54) is 0 Å². The van der Waals surface area contributed by atoms with Crippen molar-refractivity contribution in [3.8, 4) is 0 Å². The molecule has 1 aromatic rings. The molecule has 0 spiro atoms. The Kier molecular flexibility index (Phi) is 11.7. The molecule has 2 fully saturated rings. The van der Waals surface area contributed by atoms with E-state index in [4.69, 9.17) is 23.7 Å². The Bertz CT molecular complexity index is 1480. The quantitative estimate of drug-likeness (QED) is 0.179. The second-order valence-electron chi connectivity index (χ2n) is 14.9. The smallest absolute Gasteiger partial charge is 0.164 e. The molecule has 0 aromatic heterocycles. The van der Waals surface area contributed by atoms with Gasteiger partial charge < -0.3 is 49.4 Å². The maximum Gasteiger partial charge on any atom is 0.164 e. The summed E-state index contributed by atoms with van der Waals surface area (Å²) in [7, 11) is 0. The highest BCUT2D eigenvalue weighted by Gasteiger charge is 2.53. The van der Waals surface area contributed by atoms with Crippen molar-refractivity contribution < 1.29 is 44.1 Å². The normalized spacial score (nSPS) is 38.5. The highest BCUT2D eigenvalue weighted by atomic mass is 127. The standard InChI is InChI=1S/C35H47I3N2O9/c1-33(2,44)45-26-14-25(41)23(12-19(26)36)40(24-13-21(38)30-32(28(24)43)49-35(5,6)47-30)16-18-9-7-8-17(10-18)15-39-22-11-20(37)29-31(27(22)42)48-34(3,4)46-29/h7-13,22-32,39,41-44H,14-16H2,1-6H3/t22-,23-,24-,25-,26-,27+,28+,29+,30+,31-,32-/m0/s1. The lowest BCUT2D eigenvalue weighted by molar-refractivity contribution is -0.202. The summed E-state index contributed by atoms with van der Waals surface area (Å²) in [4.78, 5) is 2.12. The number of aliphatic hydroxyl groups excluding tert-OH is 3. The van der Waals surface area contributed by atoms with Gasteiger partial charge in [-0.15, -0.1) is 0 Å². The first-order valence-electron chi connectivity index (χ1n) is 16.6. The van der Waals surface area contributed by atoms with E-state index in [-0.39, 0.29) is 24.7 Å². The van der Waals surface area contributed by atoms with Gasteiger partial charge in [-0.1, -0.05) is 42.5 Å². The van der Waals surface area contributed by atoms with Crippen LogP contribution in [0.25, 0.3) is 0 Å². The molecule has 2 aliphatic heterocycles. The lowest BCUT2D eigenvalue weighted by atomic mass is 9.88. The summed E-state index contributed by atoms with van der Waals surface area (Å²) < 4.78 is 33.1. The van der Waals surface area contributed by atoms with Crippen LogP contribution in [0.4, 0.5) is 0 Å². The number of fused-ring (bicyclic) bond motifs is 2. The number of aliphatic hydroxyl groups is 4. The van der Waals surface area contributed by atoms with E-state index in [0.717, 1.165) is 21.9 Å². The van der Waals surface area contributed by atoms with Gasteiger partial charge in [0.1, 0.15) is 36.6 Å². The number of hydrogen-bond acceptors (Lipinski definition) is 11. The lowest BCUT2D eigenvalue weighted by Crippen LogP contribution is -2.58. The summed E-state index contributed by atoms with van der Waals surface area (Å²) in [5.74, 6) is -2.95. The Morgan fingerprint density at radius 2 is 1.41 bits per heavy atom. The van der Waals surface area contributed by atoms with E-state index in [1.807, 2.05) is 64.1 Å². The first-order valence-corrected chi connectivity index (χ1v) is 19.9. The van der Waals surface area contributed by atoms with Gasteiger partial charge in [0.2, 0.25) is 0 Å². The second-order valence-corrected chi connectivity index (χ2v) is 18.7. The van der Waals surface area contributed by atoms with Gasteiger partial charge in [-0.25, -0.2) is 0 Å². The van der Waals surface area contributed by atoms with Crippen LogP contribution in [0.2, 0.25) is 0 Å². The Labute approximate surface area is 329 Å². The summed E-state index contributed by atoms with van der Waals surface area (Å²) in [6.45, 7) is 11.5. The van der Waals surface area contributed by atoms with E-state index in [2.05, 4.69) is 84.1 Å². The molecule has 11 atom stereocenters. The van der Waals surface area contributed by atoms with Crippen molar-refractivity contribution in [1.29, 1.82) is 0 Å². The van der Waals surface area contributed by atoms with E-state index >= 15 is 0 Å². The molecule has 5 aliphatic rings. The van der Waals surface area contributed by atoms with Crippen molar-refractivity contribution in [2.75, 3.05) is 0 Å². The molecule has 5 N–H and O–H groups in total. The van der Waals surface area contributed by atoms with Gasteiger partial charge in [-0.05, 0) is 120 Å². The monoisotopic (exact) mass is 1020 g/mol. The number of nitrogens with one attached hydrogen (secondary N) is 1. The molecule has 49 heavy (non-hydrogen) atoms. The minimum absolute atomic E-state index is 0.281. The summed E-state index contributed by atoms with van der Waals surface area (Å²) in [5.41, 5.74) is 2.02. The van der Waals surface area contributed by atoms with E-state index in [9.17, 15) is 20.4 Å². The zero-order chi connectivity index (χ0) is 35.6. The first-order chi connectivity index (χ1) is 22.8. The van der Waals surface area contributed by atoms with Crippen molar-refractivity contribution in [1.82, 2.24) is 10.2 Å². The van der Waals surface area contributed by atoms with Crippen LogP contribution >= 0.6 is 67.8 Å². The van der Waals surface area contributed by atoms with Crippen molar-refractivity contribution in [3.05, 3.63) is 64.4 Å². The summed E-state index contributed by atoms with van der Waals surface area (Å²) in [6.07, 6.45) is 1.65. The Balaban J connectivity index is 1.25. The van der Waals surface area contributed by atoms with Crippen LogP contribution in [0.15, 0.2) is 53.2 Å². The van der Waals surface area contributed by atoms with Gasteiger partial charge in [-0.3, -0.25) is 4.90 Å². The van der Waals surface area contributed by atoms with Crippen LogP contribution in [0, 0.1) is 0 Å². The molecule has 14 heteroatoms. The molecule has 272 valence electrons. The highest BCUT2D eigenvalue weighted by molar-refractivity contribution is 14.1. The molecule has 11 nitrogen and oxygen atoms in total. The van der Waals surface area contributed by atoms with Gasteiger partial charge in [0.15, 0.2) is 17.4 Å². The molecule has 0 bridgehead atoms. The topological polar surface area (TPSA) is 142 Å². The van der Waals surface area contributed by atoms with E-state index in [1.54, 1.807) is 13.8 Å². The van der Waals surface area contributed by atoms with Gasteiger partial charge in [0, 0.05) is 30.2 Å². The minimum Gasteiger partial charge on any atom is -0.391 e. The fourth-order valence-electron chi connectivity index (χ4n) is 7.41. The minimum atomic E-state index is -1.35. The summed E-state index contributed by atoms with van der Waals surface area (Å²) >= 11 is 6.76. The number of hydrogen-bond donors (Lipinski definition) is 5. The van der Waals surface area contributed by atoms with Crippen LogP contribution in [-0.2, 0) is 36.8 Å². The van der Waals surface area contributed by atoms with Gasteiger partial charge in [0.25, 0.3) is 0 Å². The fourth-order valence-corrected chi connectivity index (χ4v) is 9.88. The summed E-state index contributed by atoms with van der Waals surface area (Å²) in [5, 5.41) is 48.5. The average Bonchev–Trinajstić information content (AvgIpc) is 3.52. The largest absolute Gasteiger partial charge is 0.391 e. The summed E-state index contributed by atoms with van der Waals surface area (Å²) in [6, 6.07) is 6.93. The Morgan fingerprint density at radius 1 is 0.837 bits per heavy atom. The van der Waals surface area contributed by atoms with Gasteiger partial charge >= 0.3 is 0 Å². The van der Waals surface area contributed by atoms with Gasteiger partial charge in [0.05, 0.1) is 30.3 Å². The number of rotatable bonds is 9. The van der Waals surface area contributed by atoms with E-state index in [0.29, 0.717) is 13.1 Å². The molecule has 6 rings (SSSR count). The molecule has 0 amide bonds. The molecule has 3 aliphatic carbocycles. The van der Waals surface area contributed by atoms with E-state index < -0.39 is 66.1 Å². The number of halogens is 3. The third kappa shape index (κ3) is 8.78. The first kappa shape index (κ1) is 38.9. The van der Waals surface area contributed by atoms with Crippen molar-refractivity contribution in [3.63, 3.8) is 0 Å². The molecular weight excluding hydrogens is 973 g/mol. The second kappa shape index (κ2) is 14.8. The van der Waals surface area contributed by atoms with Crippen molar-refractivity contribution in [2.24, 2.45) is 0 Å². The Morgan fingerprint density at radius 3 is 2.04 bits per heavy atom. The molecule has 0 saturated carbocycles. The molecule has 0 radical (unpaired) electrons. The third-order valence-electron chi connectivity index (χ3n) is 9.44. The molecule has 0 unspecified atom stereocenters. The Hall–Kier alpha value is 0.190. The predicted octanol–water partition coefficient (Wildman–Crippen LogP) is 4.31. The van der Waals surface area contributed by atoms with Crippen LogP contribution in [-0.4, -0.2) is 110 Å². The number of ether oxygens (including phenoxy) is 5. The molecule has 1 aromatic carbocycles. The van der Waals surface area contributed by atoms with Crippen LogP contribution < -0.4 is 5.32 Å².